The zero-order valence-electron chi connectivity index (χ0n) is 12.5. The second-order valence-electron chi connectivity index (χ2n) is 4.47. The van der Waals surface area contributed by atoms with Gasteiger partial charge in [-0.05, 0) is 18.6 Å². The van der Waals surface area contributed by atoms with E-state index < -0.39 is 0 Å². The van der Waals surface area contributed by atoms with Gasteiger partial charge in [0.05, 0.1) is 0 Å². The van der Waals surface area contributed by atoms with Crippen LogP contribution in [0.1, 0.15) is 5.56 Å². The van der Waals surface area contributed by atoms with Crippen LogP contribution in [0.3, 0.4) is 0 Å². The number of hydrogen-bond donors (Lipinski definition) is 1. The maximum absolute atomic E-state index is 8.92. The predicted octanol–water partition coefficient (Wildman–Crippen LogP) is 1.74. The molecule has 0 spiro atoms. The molecule has 1 aromatic carbocycles. The van der Waals surface area contributed by atoms with Gasteiger partial charge in [-0.25, -0.2) is 0 Å². The Kier molecular flexibility index (Phi) is 8.02. The third-order valence-corrected chi connectivity index (χ3v) is 4.05. The van der Waals surface area contributed by atoms with Crippen LogP contribution in [-0.4, -0.2) is 60.3 Å². The first-order valence-electron chi connectivity index (χ1n) is 5.78. The number of phenolic OH excluding ortho intramolecular Hbond substituents is 1. The van der Waals surface area contributed by atoms with E-state index in [1.54, 1.807) is 6.07 Å². The molecule has 18 heavy (non-hydrogen) atoms. The molecule has 0 aliphatic carbocycles. The third kappa shape index (κ3) is 6.26. The van der Waals surface area contributed by atoms with Crippen molar-refractivity contribution in [3.63, 3.8) is 0 Å². The Hall–Kier alpha value is -0.750. The van der Waals surface area contributed by atoms with Gasteiger partial charge in [-0.2, -0.15) is 0 Å². The van der Waals surface area contributed by atoms with Crippen molar-refractivity contribution in [2.24, 2.45) is 0 Å². The second-order valence-corrected chi connectivity index (χ2v) is 7.15. The molecule has 0 saturated heterocycles. The van der Waals surface area contributed by atoms with Crippen molar-refractivity contribution in [3.8, 4) is 5.75 Å². The number of phenols is 1. The number of rotatable bonds is 3. The summed E-state index contributed by atoms with van der Waals surface area (Å²) in [4.78, 5) is 0. The summed E-state index contributed by atoms with van der Waals surface area (Å²) in [6.07, 6.45) is 0. The lowest BCUT2D eigenvalue weighted by molar-refractivity contribution is 0.471. The maximum atomic E-state index is 8.92. The smallest absolute Gasteiger partial charge is 0.266 e. The first kappa shape index (κ1) is 17.2. The molecule has 0 fully saturated rings. The van der Waals surface area contributed by atoms with Crippen LogP contribution in [0.25, 0.3) is 0 Å². The summed E-state index contributed by atoms with van der Waals surface area (Å²) in [5, 5.41) is 8.92. The number of benzene rings is 1. The van der Waals surface area contributed by atoms with Gasteiger partial charge in [0.1, 0.15) is 5.75 Å². The van der Waals surface area contributed by atoms with Crippen molar-refractivity contribution in [1.29, 1.82) is 0 Å². The Morgan fingerprint density at radius 1 is 0.833 bits per heavy atom. The number of para-hydroxylation sites is 1. The molecule has 1 aromatic rings. The minimum atomic E-state index is 0.120. The summed E-state index contributed by atoms with van der Waals surface area (Å²) in [6.45, 7) is 1.87. The number of nitrogens with zero attached hydrogens (tertiary/aromatic N) is 3. The summed E-state index contributed by atoms with van der Waals surface area (Å²) >= 11 is 0.120. The molecular formula is C13H26N3OS+. The number of aromatic hydroxyl groups is 1. The quantitative estimate of drug-likeness (QED) is 0.849. The molecule has 0 radical (unpaired) electrons. The van der Waals surface area contributed by atoms with Crippen LogP contribution in [0.4, 0.5) is 0 Å². The van der Waals surface area contributed by atoms with Crippen molar-refractivity contribution >= 4 is 11.5 Å². The molecule has 0 saturated carbocycles. The first-order valence-corrected chi connectivity index (χ1v) is 6.88. The van der Waals surface area contributed by atoms with Crippen LogP contribution in [0.5, 0.6) is 5.75 Å². The molecule has 104 valence electrons. The average molecular weight is 272 g/mol. The molecule has 0 amide bonds. The Labute approximate surface area is 115 Å². The lowest BCUT2D eigenvalue weighted by Crippen LogP contribution is -2.44. The van der Waals surface area contributed by atoms with Crippen molar-refractivity contribution < 1.29 is 5.11 Å². The Morgan fingerprint density at radius 3 is 1.39 bits per heavy atom. The van der Waals surface area contributed by atoms with Crippen molar-refractivity contribution in [2.75, 3.05) is 42.3 Å². The largest absolute Gasteiger partial charge is 0.508 e. The van der Waals surface area contributed by atoms with Gasteiger partial charge in [0.15, 0.2) is 0 Å². The highest BCUT2D eigenvalue weighted by atomic mass is 32.2. The monoisotopic (exact) mass is 272 g/mol. The molecule has 0 aromatic heterocycles. The van der Waals surface area contributed by atoms with E-state index in [1.165, 1.54) is 0 Å². The van der Waals surface area contributed by atoms with E-state index in [0.717, 1.165) is 5.56 Å². The molecule has 0 aliphatic heterocycles. The maximum Gasteiger partial charge on any atom is 0.266 e. The summed E-state index contributed by atoms with van der Waals surface area (Å²) in [5.74, 6) is 0.368. The molecule has 1 rings (SSSR count). The molecule has 0 atom stereocenters. The molecule has 0 bridgehead atoms. The SMILES string of the molecule is CN(C)[S+](N(C)C)N(C)C.Cc1ccccc1O. The summed E-state index contributed by atoms with van der Waals surface area (Å²) in [6, 6.07) is 7.25. The van der Waals surface area contributed by atoms with Gasteiger partial charge < -0.3 is 5.11 Å². The van der Waals surface area contributed by atoms with E-state index >= 15 is 0 Å². The molecule has 0 aliphatic rings. The fraction of sp³-hybridized carbons (Fsp3) is 0.538. The minimum Gasteiger partial charge on any atom is -0.508 e. The van der Waals surface area contributed by atoms with Gasteiger partial charge in [0.2, 0.25) is 0 Å². The van der Waals surface area contributed by atoms with Crippen LogP contribution in [-0.2, 0) is 11.5 Å². The van der Waals surface area contributed by atoms with Crippen LogP contribution in [0, 0.1) is 6.92 Å². The lowest BCUT2D eigenvalue weighted by atomic mass is 10.2. The average Bonchev–Trinajstić information content (AvgIpc) is 2.21. The Balaban J connectivity index is 0.000000327. The number of hydrogen-bond acceptors (Lipinski definition) is 4. The van der Waals surface area contributed by atoms with E-state index in [9.17, 15) is 0 Å². The topological polar surface area (TPSA) is 30.0 Å². The summed E-state index contributed by atoms with van der Waals surface area (Å²) < 4.78 is 6.58. The molecular weight excluding hydrogens is 246 g/mol. The zero-order chi connectivity index (χ0) is 14.3. The van der Waals surface area contributed by atoms with Crippen molar-refractivity contribution in [2.45, 2.75) is 6.92 Å². The Morgan fingerprint density at radius 2 is 1.22 bits per heavy atom. The fourth-order valence-electron chi connectivity index (χ4n) is 1.54. The molecule has 5 heteroatoms. The molecule has 1 N–H and O–H groups in total. The highest BCUT2D eigenvalue weighted by molar-refractivity contribution is 7.90. The molecule has 4 nitrogen and oxygen atoms in total. The minimum absolute atomic E-state index is 0.120. The lowest BCUT2D eigenvalue weighted by Gasteiger charge is -2.20. The van der Waals surface area contributed by atoms with Crippen LogP contribution in [0.15, 0.2) is 24.3 Å². The summed E-state index contributed by atoms with van der Waals surface area (Å²) in [5.41, 5.74) is 0.924. The van der Waals surface area contributed by atoms with Crippen LogP contribution in [0.2, 0.25) is 0 Å². The fourth-order valence-corrected chi connectivity index (χ4v) is 3.50. The van der Waals surface area contributed by atoms with E-state index in [1.807, 2.05) is 25.1 Å². The standard InChI is InChI=1S/C7H8O.C6H18N3S/c1-6-4-2-3-5-7(6)8;1-7(2)10(8(3)4)9(5)6/h2-5,8H,1H3;1-6H3/q;+1. The third-order valence-electron chi connectivity index (χ3n) is 2.10. The molecule has 0 heterocycles. The van der Waals surface area contributed by atoms with E-state index in [0.29, 0.717) is 5.75 Å². The van der Waals surface area contributed by atoms with Crippen LogP contribution >= 0.6 is 0 Å². The van der Waals surface area contributed by atoms with Gasteiger partial charge in [0.25, 0.3) is 11.5 Å². The van der Waals surface area contributed by atoms with Gasteiger partial charge in [0, 0.05) is 42.3 Å². The first-order chi connectivity index (χ1) is 8.27. The van der Waals surface area contributed by atoms with Gasteiger partial charge >= 0.3 is 0 Å². The van der Waals surface area contributed by atoms with Crippen molar-refractivity contribution in [3.05, 3.63) is 29.8 Å². The predicted molar refractivity (Wildman–Crippen MR) is 81.3 cm³/mol. The van der Waals surface area contributed by atoms with E-state index in [-0.39, 0.29) is 11.5 Å². The second kappa shape index (κ2) is 8.37. The molecule has 0 unspecified atom stereocenters. The van der Waals surface area contributed by atoms with Crippen molar-refractivity contribution in [1.82, 2.24) is 12.9 Å². The highest BCUT2D eigenvalue weighted by Crippen LogP contribution is 2.12. The van der Waals surface area contributed by atoms with Gasteiger partial charge in [-0.3, -0.25) is 0 Å². The zero-order valence-corrected chi connectivity index (χ0v) is 13.3. The highest BCUT2D eigenvalue weighted by Gasteiger charge is 2.29. The Bertz CT molecular complexity index is 303. The number of aryl methyl sites for hydroxylation is 1. The van der Waals surface area contributed by atoms with E-state index in [2.05, 4.69) is 55.2 Å². The normalized spacial score (nSPS) is 11.1. The van der Waals surface area contributed by atoms with Gasteiger partial charge in [-0.1, -0.05) is 31.1 Å². The van der Waals surface area contributed by atoms with Crippen LogP contribution < -0.4 is 0 Å². The van der Waals surface area contributed by atoms with Gasteiger partial charge in [-0.15, -0.1) is 0 Å². The summed E-state index contributed by atoms with van der Waals surface area (Å²) in [7, 11) is 12.5. The van der Waals surface area contributed by atoms with E-state index in [4.69, 9.17) is 5.11 Å².